The molecule has 0 aromatic heterocycles. The fraction of sp³-hybridized carbons (Fsp3) is 0.174. The van der Waals surface area contributed by atoms with Gasteiger partial charge in [-0.3, -0.25) is 4.79 Å². The van der Waals surface area contributed by atoms with E-state index in [0.29, 0.717) is 16.2 Å². The second-order valence-corrected chi connectivity index (χ2v) is 9.66. The number of aryl methyl sites for hydroxylation is 4. The minimum Gasteiger partial charge on any atom is -0.305 e. The van der Waals surface area contributed by atoms with Crippen LogP contribution < -0.4 is 10.6 Å². The van der Waals surface area contributed by atoms with Crippen LogP contribution in [0.4, 0.5) is 4.39 Å². The molecule has 0 aliphatic carbocycles. The highest BCUT2D eigenvalue weighted by molar-refractivity contribution is 7.93. The predicted molar refractivity (Wildman–Crippen MR) is 109 cm³/mol. The molecule has 3 rings (SSSR count). The quantitative estimate of drug-likeness (QED) is 0.582. The van der Waals surface area contributed by atoms with Gasteiger partial charge in [-0.15, -0.1) is 0 Å². The molecular formula is C23H22FO2P. The highest BCUT2D eigenvalue weighted by atomic mass is 31.2. The normalized spacial score (nSPS) is 13.2. The van der Waals surface area contributed by atoms with E-state index in [1.54, 1.807) is 12.1 Å². The standard InChI is InChI=1S/C23H22FO2P/c1-15-5-9-20(10-6-15)27(26,21-11-7-19(24)8-12-21)23(25)22-17(3)13-16(2)14-18(22)4/h5-14H,1-4H3. The molecule has 0 heterocycles. The lowest BCUT2D eigenvalue weighted by molar-refractivity contribution is 0.107. The van der Waals surface area contributed by atoms with Crippen molar-refractivity contribution in [1.29, 1.82) is 0 Å². The van der Waals surface area contributed by atoms with Gasteiger partial charge in [0.1, 0.15) is 5.82 Å². The lowest BCUT2D eigenvalue weighted by atomic mass is 10.0. The number of benzene rings is 3. The molecule has 3 aromatic carbocycles. The molecule has 0 radical (unpaired) electrons. The van der Waals surface area contributed by atoms with Crippen molar-refractivity contribution in [2.75, 3.05) is 0 Å². The van der Waals surface area contributed by atoms with Gasteiger partial charge in [0.05, 0.1) is 0 Å². The Morgan fingerprint density at radius 3 is 1.67 bits per heavy atom. The van der Waals surface area contributed by atoms with Crippen LogP contribution in [0.2, 0.25) is 0 Å². The molecule has 0 amide bonds. The number of halogens is 1. The molecule has 0 saturated carbocycles. The molecule has 0 fully saturated rings. The summed E-state index contributed by atoms with van der Waals surface area (Å²) in [5.74, 6) is -0.427. The van der Waals surface area contributed by atoms with Gasteiger partial charge in [-0.05, 0) is 63.1 Å². The van der Waals surface area contributed by atoms with Crippen LogP contribution in [-0.4, -0.2) is 5.52 Å². The van der Waals surface area contributed by atoms with E-state index in [1.165, 1.54) is 24.3 Å². The summed E-state index contributed by atoms with van der Waals surface area (Å²) < 4.78 is 27.7. The Morgan fingerprint density at radius 2 is 1.19 bits per heavy atom. The first-order chi connectivity index (χ1) is 12.7. The highest BCUT2D eigenvalue weighted by Crippen LogP contribution is 2.48. The molecule has 138 valence electrons. The second kappa shape index (κ2) is 7.25. The molecule has 0 spiro atoms. The van der Waals surface area contributed by atoms with Crippen molar-refractivity contribution in [3.8, 4) is 0 Å². The molecule has 27 heavy (non-hydrogen) atoms. The Kier molecular flexibility index (Phi) is 5.17. The number of hydrogen-bond acceptors (Lipinski definition) is 2. The van der Waals surface area contributed by atoms with Crippen LogP contribution >= 0.6 is 7.14 Å². The first kappa shape index (κ1) is 19.3. The molecule has 0 aliphatic rings. The maximum atomic E-state index is 14.3. The van der Waals surface area contributed by atoms with Gasteiger partial charge in [0.2, 0.25) is 12.7 Å². The number of hydrogen-bond donors (Lipinski definition) is 0. The van der Waals surface area contributed by atoms with Gasteiger partial charge in [-0.2, -0.15) is 0 Å². The van der Waals surface area contributed by atoms with Crippen LogP contribution in [0, 0.1) is 33.5 Å². The SMILES string of the molecule is Cc1ccc(P(=O)(C(=O)c2c(C)cc(C)cc2C)c2ccc(F)cc2)cc1. The van der Waals surface area contributed by atoms with Crippen molar-refractivity contribution in [1.82, 2.24) is 0 Å². The monoisotopic (exact) mass is 380 g/mol. The van der Waals surface area contributed by atoms with Crippen molar-refractivity contribution >= 4 is 23.3 Å². The van der Waals surface area contributed by atoms with Crippen LogP contribution in [0.3, 0.4) is 0 Å². The topological polar surface area (TPSA) is 34.1 Å². The Morgan fingerprint density at radius 1 is 0.741 bits per heavy atom. The van der Waals surface area contributed by atoms with Crippen LogP contribution in [0.5, 0.6) is 0 Å². The van der Waals surface area contributed by atoms with Crippen LogP contribution in [-0.2, 0) is 4.57 Å². The summed E-state index contributed by atoms with van der Waals surface area (Å²) in [4.78, 5) is 13.6. The average molecular weight is 380 g/mol. The summed E-state index contributed by atoms with van der Waals surface area (Å²) in [6.45, 7) is 7.62. The minimum atomic E-state index is -3.65. The summed E-state index contributed by atoms with van der Waals surface area (Å²) >= 11 is 0. The van der Waals surface area contributed by atoms with Gasteiger partial charge in [-0.1, -0.05) is 47.5 Å². The van der Waals surface area contributed by atoms with Gasteiger partial charge in [0, 0.05) is 16.2 Å². The third-order valence-electron chi connectivity index (χ3n) is 4.76. The van der Waals surface area contributed by atoms with E-state index in [2.05, 4.69) is 0 Å². The Bertz CT molecular complexity index is 978. The first-order valence-corrected chi connectivity index (χ1v) is 10.5. The van der Waals surface area contributed by atoms with E-state index in [4.69, 9.17) is 0 Å². The molecule has 4 heteroatoms. The Labute approximate surface area is 159 Å². The van der Waals surface area contributed by atoms with Gasteiger partial charge in [0.15, 0.2) is 0 Å². The van der Waals surface area contributed by atoms with Crippen molar-refractivity contribution in [3.63, 3.8) is 0 Å². The smallest absolute Gasteiger partial charge is 0.230 e. The van der Waals surface area contributed by atoms with Crippen molar-refractivity contribution < 1.29 is 13.8 Å². The molecule has 0 bridgehead atoms. The molecule has 1 unspecified atom stereocenters. The summed E-state index contributed by atoms with van der Waals surface area (Å²) in [6, 6.07) is 16.4. The summed E-state index contributed by atoms with van der Waals surface area (Å²) in [5.41, 5.74) is 3.73. The Balaban J connectivity index is 2.28. The van der Waals surface area contributed by atoms with Crippen LogP contribution in [0.15, 0.2) is 60.7 Å². The lowest BCUT2D eigenvalue weighted by Gasteiger charge is -2.21. The fourth-order valence-corrected chi connectivity index (χ4v) is 6.04. The predicted octanol–water partition coefficient (Wildman–Crippen LogP) is 5.21. The van der Waals surface area contributed by atoms with E-state index in [-0.39, 0.29) is 0 Å². The van der Waals surface area contributed by atoms with Gasteiger partial charge < -0.3 is 4.57 Å². The van der Waals surface area contributed by atoms with Crippen LogP contribution in [0.25, 0.3) is 0 Å². The van der Waals surface area contributed by atoms with E-state index in [0.717, 1.165) is 22.3 Å². The largest absolute Gasteiger partial charge is 0.305 e. The zero-order chi connectivity index (χ0) is 19.8. The minimum absolute atomic E-state index is 0.345. The van der Waals surface area contributed by atoms with Crippen LogP contribution in [0.1, 0.15) is 32.6 Å². The lowest BCUT2D eigenvalue weighted by Crippen LogP contribution is -2.24. The fourth-order valence-electron chi connectivity index (χ4n) is 3.46. The van der Waals surface area contributed by atoms with E-state index in [1.807, 2.05) is 52.0 Å². The molecule has 2 nitrogen and oxygen atoms in total. The summed E-state index contributed by atoms with van der Waals surface area (Å²) in [5, 5.41) is 0.807. The number of carbonyl (C=O) groups is 1. The molecule has 3 aromatic rings. The van der Waals surface area contributed by atoms with Crippen molar-refractivity contribution in [2.45, 2.75) is 27.7 Å². The Hall–Kier alpha value is -2.51. The van der Waals surface area contributed by atoms with Gasteiger partial charge in [0.25, 0.3) is 0 Å². The van der Waals surface area contributed by atoms with Crippen molar-refractivity contribution in [2.24, 2.45) is 0 Å². The van der Waals surface area contributed by atoms with Gasteiger partial charge >= 0.3 is 0 Å². The van der Waals surface area contributed by atoms with Gasteiger partial charge in [-0.25, -0.2) is 4.39 Å². The number of carbonyl (C=O) groups excluding carboxylic acids is 1. The second-order valence-electron chi connectivity index (χ2n) is 7.00. The highest BCUT2D eigenvalue weighted by Gasteiger charge is 2.38. The van der Waals surface area contributed by atoms with E-state index >= 15 is 0 Å². The molecule has 0 aliphatic heterocycles. The zero-order valence-electron chi connectivity index (χ0n) is 15.9. The maximum Gasteiger partial charge on any atom is 0.230 e. The molecule has 0 N–H and O–H groups in total. The zero-order valence-corrected chi connectivity index (χ0v) is 16.8. The third kappa shape index (κ3) is 3.52. The number of rotatable bonds is 4. The van der Waals surface area contributed by atoms with E-state index < -0.39 is 18.5 Å². The molecule has 1 atom stereocenters. The maximum absolute atomic E-state index is 14.3. The van der Waals surface area contributed by atoms with Crippen molar-refractivity contribution in [3.05, 3.63) is 94.3 Å². The molecule has 0 saturated heterocycles. The first-order valence-electron chi connectivity index (χ1n) is 8.79. The molecular weight excluding hydrogens is 358 g/mol. The average Bonchev–Trinajstić information content (AvgIpc) is 2.61. The summed E-state index contributed by atoms with van der Waals surface area (Å²) in [7, 11) is -3.65. The third-order valence-corrected chi connectivity index (χ3v) is 7.61. The summed E-state index contributed by atoms with van der Waals surface area (Å²) in [6.07, 6.45) is 0. The van der Waals surface area contributed by atoms with E-state index in [9.17, 15) is 13.8 Å².